The van der Waals surface area contributed by atoms with Crippen molar-refractivity contribution in [2.75, 3.05) is 0 Å². The molecule has 0 atom stereocenters. The van der Waals surface area contributed by atoms with Crippen LogP contribution in [-0.2, 0) is 0 Å². The van der Waals surface area contributed by atoms with Crippen molar-refractivity contribution >= 4 is 23.7 Å². The van der Waals surface area contributed by atoms with Gasteiger partial charge in [0.2, 0.25) is 11.6 Å². The van der Waals surface area contributed by atoms with Crippen LogP contribution in [0.15, 0.2) is 61.7 Å². The number of carbonyl (C=O) groups excluding carboxylic acids is 2. The maximum Gasteiger partial charge on any atom is 0.234 e. The smallest absolute Gasteiger partial charge is 0.234 e. The topological polar surface area (TPSA) is 34.1 Å². The van der Waals surface area contributed by atoms with Crippen LogP contribution in [0.5, 0.6) is 0 Å². The van der Waals surface area contributed by atoms with Gasteiger partial charge >= 0.3 is 0 Å². The summed E-state index contributed by atoms with van der Waals surface area (Å²) in [5.74, 6) is -1.07. The van der Waals surface area contributed by atoms with Gasteiger partial charge in [-0.05, 0) is 11.1 Å². The Labute approximate surface area is 118 Å². The summed E-state index contributed by atoms with van der Waals surface area (Å²) in [7, 11) is 0. The summed E-state index contributed by atoms with van der Waals surface area (Å²) in [6.45, 7) is 7.32. The Hall–Kier alpha value is -2.74. The quantitative estimate of drug-likeness (QED) is 0.602. The highest BCUT2D eigenvalue weighted by molar-refractivity contribution is 6.50. The van der Waals surface area contributed by atoms with Crippen LogP contribution >= 0.6 is 0 Å². The molecule has 0 N–H and O–H groups in total. The maximum atomic E-state index is 12.4. The van der Waals surface area contributed by atoms with Crippen molar-refractivity contribution < 1.29 is 9.59 Å². The predicted octanol–water partition coefficient (Wildman–Crippen LogP) is 4.04. The SMILES string of the molecule is C=Cc1ccccc1C(=O)C(=O)c1ccccc1C=C. The number of benzene rings is 2. The van der Waals surface area contributed by atoms with Gasteiger partial charge in [0, 0.05) is 11.1 Å². The third-order valence-electron chi connectivity index (χ3n) is 3.06. The fraction of sp³-hybridized carbons (Fsp3) is 0. The number of ketones is 2. The Morgan fingerprint density at radius 1 is 0.700 bits per heavy atom. The van der Waals surface area contributed by atoms with Gasteiger partial charge in [-0.15, -0.1) is 0 Å². The molecule has 0 aliphatic carbocycles. The molecule has 0 radical (unpaired) electrons. The van der Waals surface area contributed by atoms with Crippen LogP contribution in [0.4, 0.5) is 0 Å². The average Bonchev–Trinajstić information content (AvgIpc) is 2.53. The number of carbonyl (C=O) groups is 2. The van der Waals surface area contributed by atoms with Crippen molar-refractivity contribution in [3.05, 3.63) is 83.9 Å². The van der Waals surface area contributed by atoms with Gasteiger partial charge in [0.25, 0.3) is 0 Å². The second-order valence-electron chi connectivity index (χ2n) is 4.24. The van der Waals surface area contributed by atoms with E-state index in [1.54, 1.807) is 60.7 Å². The van der Waals surface area contributed by atoms with E-state index in [1.165, 1.54) is 0 Å². The van der Waals surface area contributed by atoms with Crippen molar-refractivity contribution in [3.8, 4) is 0 Å². The van der Waals surface area contributed by atoms with E-state index >= 15 is 0 Å². The molecule has 0 unspecified atom stereocenters. The van der Waals surface area contributed by atoms with E-state index in [1.807, 2.05) is 0 Å². The first-order valence-corrected chi connectivity index (χ1v) is 6.21. The Bertz CT molecular complexity index is 635. The highest BCUT2D eigenvalue weighted by atomic mass is 16.2. The molecular formula is C18H14O2. The zero-order chi connectivity index (χ0) is 14.5. The minimum atomic E-state index is -0.533. The van der Waals surface area contributed by atoms with E-state index in [-0.39, 0.29) is 0 Å². The summed E-state index contributed by atoms with van der Waals surface area (Å²) in [6, 6.07) is 13.8. The lowest BCUT2D eigenvalue weighted by Crippen LogP contribution is -2.16. The van der Waals surface area contributed by atoms with Crippen molar-refractivity contribution in [3.63, 3.8) is 0 Å². The van der Waals surface area contributed by atoms with E-state index < -0.39 is 11.6 Å². The lowest BCUT2D eigenvalue weighted by atomic mass is 9.95. The molecule has 0 saturated heterocycles. The summed E-state index contributed by atoms with van der Waals surface area (Å²) in [5, 5.41) is 0. The van der Waals surface area contributed by atoms with Gasteiger partial charge in [0.05, 0.1) is 0 Å². The van der Waals surface area contributed by atoms with Gasteiger partial charge in [-0.1, -0.05) is 73.8 Å². The van der Waals surface area contributed by atoms with E-state index in [0.29, 0.717) is 22.3 Å². The maximum absolute atomic E-state index is 12.4. The third kappa shape index (κ3) is 2.50. The Kier molecular flexibility index (Phi) is 4.06. The Morgan fingerprint density at radius 3 is 1.40 bits per heavy atom. The van der Waals surface area contributed by atoms with Crippen LogP contribution in [-0.4, -0.2) is 11.6 Å². The molecule has 0 aliphatic heterocycles. The highest BCUT2D eigenvalue weighted by Crippen LogP contribution is 2.17. The molecule has 0 aliphatic rings. The Balaban J connectivity index is 2.46. The zero-order valence-corrected chi connectivity index (χ0v) is 11.0. The standard InChI is InChI=1S/C18H14O2/c1-3-13-9-5-7-11-15(13)17(19)18(20)16-12-8-6-10-14(16)4-2/h3-12H,1-2H2. The number of hydrogen-bond acceptors (Lipinski definition) is 2. The van der Waals surface area contributed by atoms with Crippen LogP contribution in [0.25, 0.3) is 12.2 Å². The summed E-state index contributed by atoms with van der Waals surface area (Å²) < 4.78 is 0. The first-order chi connectivity index (χ1) is 9.69. The molecule has 20 heavy (non-hydrogen) atoms. The third-order valence-corrected chi connectivity index (χ3v) is 3.06. The molecule has 2 nitrogen and oxygen atoms in total. The minimum absolute atomic E-state index is 0.367. The number of hydrogen-bond donors (Lipinski definition) is 0. The van der Waals surface area contributed by atoms with Crippen LogP contribution in [0.2, 0.25) is 0 Å². The van der Waals surface area contributed by atoms with Gasteiger partial charge in [-0.25, -0.2) is 0 Å². The predicted molar refractivity (Wildman–Crippen MR) is 81.7 cm³/mol. The molecular weight excluding hydrogens is 248 g/mol. The molecule has 2 aromatic rings. The molecule has 0 spiro atoms. The first kappa shape index (κ1) is 13.7. The summed E-state index contributed by atoms with van der Waals surface area (Å²) in [6.07, 6.45) is 3.14. The minimum Gasteiger partial charge on any atom is -0.285 e. The van der Waals surface area contributed by atoms with Gasteiger partial charge in [0.1, 0.15) is 0 Å². The van der Waals surface area contributed by atoms with Crippen molar-refractivity contribution in [1.29, 1.82) is 0 Å². The number of Topliss-reactive ketones (excluding diaryl/α,β-unsaturated/α-hetero) is 2. The van der Waals surface area contributed by atoms with E-state index in [9.17, 15) is 9.59 Å². The van der Waals surface area contributed by atoms with Gasteiger partial charge < -0.3 is 0 Å². The highest BCUT2D eigenvalue weighted by Gasteiger charge is 2.21. The summed E-state index contributed by atoms with van der Waals surface area (Å²) in [5.41, 5.74) is 2.04. The summed E-state index contributed by atoms with van der Waals surface area (Å²) >= 11 is 0. The van der Waals surface area contributed by atoms with Crippen molar-refractivity contribution in [2.24, 2.45) is 0 Å². The Morgan fingerprint density at radius 2 is 1.05 bits per heavy atom. The lowest BCUT2D eigenvalue weighted by Gasteiger charge is -2.06. The zero-order valence-electron chi connectivity index (χ0n) is 11.0. The molecule has 0 amide bonds. The van der Waals surface area contributed by atoms with E-state index in [4.69, 9.17) is 0 Å². The monoisotopic (exact) mass is 262 g/mol. The number of rotatable bonds is 5. The molecule has 0 aromatic heterocycles. The second kappa shape index (κ2) is 5.93. The molecule has 98 valence electrons. The largest absolute Gasteiger partial charge is 0.285 e. The van der Waals surface area contributed by atoms with E-state index in [2.05, 4.69) is 13.2 Å². The molecule has 2 aromatic carbocycles. The van der Waals surface area contributed by atoms with E-state index in [0.717, 1.165) is 0 Å². The molecule has 2 heteroatoms. The van der Waals surface area contributed by atoms with Crippen LogP contribution in [0.3, 0.4) is 0 Å². The van der Waals surface area contributed by atoms with Crippen LogP contribution in [0, 0.1) is 0 Å². The van der Waals surface area contributed by atoms with Crippen molar-refractivity contribution in [1.82, 2.24) is 0 Å². The normalized spacial score (nSPS) is 9.80. The average molecular weight is 262 g/mol. The van der Waals surface area contributed by atoms with Gasteiger partial charge in [0.15, 0.2) is 0 Å². The lowest BCUT2D eigenvalue weighted by molar-refractivity contribution is 0.0816. The summed E-state index contributed by atoms with van der Waals surface area (Å²) in [4.78, 5) is 24.7. The first-order valence-electron chi connectivity index (χ1n) is 6.21. The molecule has 2 rings (SSSR count). The molecule has 0 bridgehead atoms. The fourth-order valence-electron chi connectivity index (χ4n) is 2.01. The van der Waals surface area contributed by atoms with Crippen LogP contribution < -0.4 is 0 Å². The van der Waals surface area contributed by atoms with Crippen LogP contribution in [0.1, 0.15) is 31.8 Å². The molecule has 0 heterocycles. The molecule has 0 fully saturated rings. The molecule has 0 saturated carbocycles. The fourth-order valence-corrected chi connectivity index (χ4v) is 2.01. The second-order valence-corrected chi connectivity index (χ2v) is 4.24. The van der Waals surface area contributed by atoms with Gasteiger partial charge in [-0.3, -0.25) is 9.59 Å². The van der Waals surface area contributed by atoms with Gasteiger partial charge in [-0.2, -0.15) is 0 Å². The van der Waals surface area contributed by atoms with Crippen molar-refractivity contribution in [2.45, 2.75) is 0 Å².